The van der Waals surface area contributed by atoms with Gasteiger partial charge in [-0.1, -0.05) is 25.7 Å². The Balaban J connectivity index is 2.75. The summed E-state index contributed by atoms with van der Waals surface area (Å²) in [6.45, 7) is 0. The van der Waals surface area contributed by atoms with E-state index in [2.05, 4.69) is 30.7 Å². The molecule has 0 aromatic heterocycles. The summed E-state index contributed by atoms with van der Waals surface area (Å²) in [6, 6.07) is -0.474. The first-order valence-electron chi connectivity index (χ1n) is 12.8. The molecule has 1 saturated carbocycles. The van der Waals surface area contributed by atoms with Gasteiger partial charge in [0.15, 0.2) is 0 Å². The largest absolute Gasteiger partial charge is 0.210 e. The second-order valence-corrected chi connectivity index (χ2v) is 9.58. The standard InChI is InChI=1S/C22H44N12/c23-29-17-5-1-2-6-18(30-24)10-14-22(34-28)16-12-20(32-26)8-4-3-7-19(31-25)11-15-21(33-27)13-9-17/h17-28H,1-16H2. The van der Waals surface area contributed by atoms with Gasteiger partial charge in [-0.25, -0.2) is 33.2 Å². The van der Waals surface area contributed by atoms with Crippen molar-refractivity contribution >= 4 is 0 Å². The van der Waals surface area contributed by atoms with Crippen molar-refractivity contribution in [3.05, 3.63) is 0 Å². The van der Waals surface area contributed by atoms with Gasteiger partial charge in [0.1, 0.15) is 0 Å². The molecule has 12 heteroatoms. The molecule has 4 unspecified atom stereocenters. The predicted molar refractivity (Wildman–Crippen MR) is 127 cm³/mol. The number of nitrogens with one attached hydrogen (secondary N) is 6. The molecular weight excluding hydrogens is 432 g/mol. The second kappa shape index (κ2) is 19.0. The normalized spacial score (nSPS) is 32.1. The summed E-state index contributed by atoms with van der Waals surface area (Å²) in [5.41, 5.74) is 45.1. The molecule has 0 aliphatic heterocycles. The van der Waals surface area contributed by atoms with Crippen LogP contribution in [0.4, 0.5) is 0 Å². The first-order valence-corrected chi connectivity index (χ1v) is 12.8. The molecule has 1 aliphatic carbocycles. The van der Waals surface area contributed by atoms with Crippen molar-refractivity contribution in [2.75, 3.05) is 0 Å². The van der Waals surface area contributed by atoms with E-state index in [1.54, 1.807) is 0 Å². The molecule has 0 radical (unpaired) electrons. The van der Waals surface area contributed by atoms with E-state index >= 15 is 0 Å². The Morgan fingerprint density at radius 3 is 0.559 bits per heavy atom. The van der Waals surface area contributed by atoms with Gasteiger partial charge in [-0.2, -0.15) is 30.7 Å². The molecular formula is C22H44N12. The van der Waals surface area contributed by atoms with Gasteiger partial charge in [0.05, 0.1) is 36.3 Å². The fourth-order valence-electron chi connectivity index (χ4n) is 4.70. The molecule has 0 aromatic carbocycles. The monoisotopic (exact) mass is 476 g/mol. The summed E-state index contributed by atoms with van der Waals surface area (Å²) < 4.78 is 0. The molecule has 0 heterocycles. The molecule has 0 spiro atoms. The number of hydrogen-bond donors (Lipinski definition) is 6. The summed E-state index contributed by atoms with van der Waals surface area (Å²) in [4.78, 5) is 0. The smallest absolute Gasteiger partial charge is 0.0707 e. The Morgan fingerprint density at radius 1 is 0.265 bits per heavy atom. The summed E-state index contributed by atoms with van der Waals surface area (Å²) in [5.74, 6) is 0. The fraction of sp³-hybridized carbons (Fsp3) is 1.00. The lowest BCUT2D eigenvalue weighted by Crippen LogP contribution is -2.15. The zero-order valence-electron chi connectivity index (χ0n) is 20.5. The number of nitrogens with zero attached hydrogens (tertiary/aromatic N) is 6. The van der Waals surface area contributed by atoms with Crippen molar-refractivity contribution in [3.8, 4) is 0 Å². The summed E-state index contributed by atoms with van der Waals surface area (Å²) >= 11 is 0. The van der Waals surface area contributed by atoms with E-state index in [1.165, 1.54) is 0 Å². The van der Waals surface area contributed by atoms with Gasteiger partial charge >= 0.3 is 0 Å². The van der Waals surface area contributed by atoms with E-state index in [1.807, 2.05) is 0 Å². The van der Waals surface area contributed by atoms with Crippen molar-refractivity contribution in [2.45, 2.75) is 139 Å². The lowest BCUT2D eigenvalue weighted by molar-refractivity contribution is 0.390. The number of rotatable bonds is 6. The molecule has 1 aliphatic rings. The summed E-state index contributed by atoms with van der Waals surface area (Å²) in [7, 11) is 0. The van der Waals surface area contributed by atoms with Crippen LogP contribution >= 0.6 is 0 Å². The minimum Gasteiger partial charge on any atom is -0.210 e. The SMILES string of the molecule is N=NC1CCCCC(N=N)CCC(N=N)CCC(N=N)CCCCC(N=N)CCC(N=N)CC1. The van der Waals surface area contributed by atoms with Crippen molar-refractivity contribution in [2.24, 2.45) is 30.7 Å². The first-order chi connectivity index (χ1) is 16.6. The molecule has 1 rings (SSSR count). The van der Waals surface area contributed by atoms with Gasteiger partial charge in [-0.3, -0.25) is 0 Å². The van der Waals surface area contributed by atoms with Gasteiger partial charge in [0.25, 0.3) is 0 Å². The maximum Gasteiger partial charge on any atom is 0.0707 e. The average molecular weight is 477 g/mol. The van der Waals surface area contributed by atoms with Crippen LogP contribution in [-0.4, -0.2) is 36.3 Å². The number of hydrogen-bond acceptors (Lipinski definition) is 12. The van der Waals surface area contributed by atoms with Crippen LogP contribution in [0, 0.1) is 33.2 Å². The van der Waals surface area contributed by atoms with Crippen LogP contribution in [0.1, 0.15) is 103 Å². The third-order valence-electron chi connectivity index (χ3n) is 7.08. The van der Waals surface area contributed by atoms with Crippen LogP contribution in [-0.2, 0) is 0 Å². The van der Waals surface area contributed by atoms with Crippen molar-refractivity contribution in [3.63, 3.8) is 0 Å². The Labute approximate surface area is 203 Å². The summed E-state index contributed by atoms with van der Waals surface area (Å²) in [6.07, 6.45) is 12.7. The zero-order valence-corrected chi connectivity index (χ0v) is 20.5. The molecule has 1 fully saturated rings. The Kier molecular flexibility index (Phi) is 16.5. The Bertz CT molecular complexity index is 517. The van der Waals surface area contributed by atoms with Crippen molar-refractivity contribution in [1.29, 1.82) is 33.2 Å². The highest BCUT2D eigenvalue weighted by Crippen LogP contribution is 2.23. The third kappa shape index (κ3) is 12.7. The Morgan fingerprint density at radius 2 is 0.412 bits per heavy atom. The van der Waals surface area contributed by atoms with Crippen LogP contribution in [0.5, 0.6) is 0 Å². The minimum absolute atomic E-state index is 0.0629. The third-order valence-corrected chi connectivity index (χ3v) is 7.08. The van der Waals surface area contributed by atoms with E-state index in [0.717, 1.165) is 103 Å². The van der Waals surface area contributed by atoms with Gasteiger partial charge in [0, 0.05) is 0 Å². The van der Waals surface area contributed by atoms with E-state index in [-0.39, 0.29) is 36.3 Å². The van der Waals surface area contributed by atoms with Gasteiger partial charge < -0.3 is 0 Å². The maximum atomic E-state index is 7.52. The van der Waals surface area contributed by atoms with E-state index in [4.69, 9.17) is 33.2 Å². The van der Waals surface area contributed by atoms with Gasteiger partial charge in [-0.05, 0) is 77.0 Å². The lowest BCUT2D eigenvalue weighted by Gasteiger charge is -2.18. The van der Waals surface area contributed by atoms with Crippen LogP contribution < -0.4 is 0 Å². The van der Waals surface area contributed by atoms with Crippen LogP contribution in [0.15, 0.2) is 30.7 Å². The molecule has 6 N–H and O–H groups in total. The van der Waals surface area contributed by atoms with E-state index in [9.17, 15) is 0 Å². The maximum absolute atomic E-state index is 7.52. The quantitative estimate of drug-likeness (QED) is 0.198. The molecule has 0 amide bonds. The van der Waals surface area contributed by atoms with Gasteiger partial charge in [0.2, 0.25) is 0 Å². The van der Waals surface area contributed by atoms with Crippen molar-refractivity contribution in [1.82, 2.24) is 0 Å². The second-order valence-electron chi connectivity index (χ2n) is 9.58. The van der Waals surface area contributed by atoms with E-state index in [0.29, 0.717) is 0 Å². The molecule has 34 heavy (non-hydrogen) atoms. The lowest BCUT2D eigenvalue weighted by atomic mass is 9.94. The predicted octanol–water partition coefficient (Wildman–Crippen LogP) is 8.64. The van der Waals surface area contributed by atoms with Crippen LogP contribution in [0.2, 0.25) is 0 Å². The summed E-state index contributed by atoms with van der Waals surface area (Å²) in [5, 5.41) is 22.6. The molecule has 12 nitrogen and oxygen atoms in total. The molecule has 0 aromatic rings. The van der Waals surface area contributed by atoms with Crippen LogP contribution in [0.25, 0.3) is 0 Å². The first kappa shape index (κ1) is 29.6. The molecule has 192 valence electrons. The molecule has 0 saturated heterocycles. The van der Waals surface area contributed by atoms with E-state index < -0.39 is 0 Å². The highest BCUT2D eigenvalue weighted by molar-refractivity contribution is 4.77. The Hall–Kier alpha value is -2.40. The average Bonchev–Trinajstić information content (AvgIpc) is 2.87. The fourth-order valence-corrected chi connectivity index (χ4v) is 4.70. The van der Waals surface area contributed by atoms with Gasteiger partial charge in [-0.15, -0.1) is 0 Å². The molecule has 4 atom stereocenters. The highest BCUT2D eigenvalue weighted by atomic mass is 15.0. The molecule has 0 bridgehead atoms. The minimum atomic E-state index is -0.111. The topological polar surface area (TPSA) is 217 Å². The highest BCUT2D eigenvalue weighted by Gasteiger charge is 2.18. The zero-order chi connectivity index (χ0) is 25.0. The van der Waals surface area contributed by atoms with Crippen LogP contribution in [0.3, 0.4) is 0 Å². The van der Waals surface area contributed by atoms with Crippen molar-refractivity contribution < 1.29 is 0 Å².